The Balaban J connectivity index is -0.0000000260. The number of halogens is 2. The zero-order valence-electron chi connectivity index (χ0n) is 15.6. The summed E-state index contributed by atoms with van der Waals surface area (Å²) in [5.74, 6) is 0. The first-order valence-corrected chi connectivity index (χ1v) is 7.71. The number of benzene rings is 1. The molecule has 142 valence electrons. The summed E-state index contributed by atoms with van der Waals surface area (Å²) < 4.78 is 0. The average molecular weight is 420 g/mol. The minimum absolute atomic E-state index is 0. The van der Waals surface area contributed by atoms with E-state index in [1.165, 1.54) is 5.39 Å². The van der Waals surface area contributed by atoms with Crippen molar-refractivity contribution in [3.05, 3.63) is 105 Å². The van der Waals surface area contributed by atoms with E-state index < -0.39 is 0 Å². The zero-order valence-corrected chi connectivity index (χ0v) is 19.8. The smallest absolute Gasteiger partial charge is 0.0745 e. The van der Waals surface area contributed by atoms with Crippen LogP contribution in [0.1, 0.15) is 6.42 Å². The number of para-hydroxylation sites is 1. The van der Waals surface area contributed by atoms with Gasteiger partial charge in [0.05, 0.1) is 0 Å². The monoisotopic (exact) mass is 419 g/mol. The Morgan fingerprint density at radius 1 is 0.917 bits per heavy atom. The van der Waals surface area contributed by atoms with Gasteiger partial charge in [-0.3, -0.25) is 6.08 Å². The maximum Gasteiger partial charge on any atom is -0.0745 e. The van der Waals surface area contributed by atoms with Crippen LogP contribution in [0, 0.1) is 56.8 Å². The summed E-state index contributed by atoms with van der Waals surface area (Å²) in [4.78, 5) is 2.99. The number of hydrogen-bond donors (Lipinski definition) is 1. The third-order valence-corrected chi connectivity index (χ3v) is 1.98. The van der Waals surface area contributed by atoms with Crippen molar-refractivity contribution in [1.82, 2.24) is 4.98 Å². The van der Waals surface area contributed by atoms with E-state index in [0.717, 1.165) is 11.9 Å². The van der Waals surface area contributed by atoms with E-state index in [1.807, 2.05) is 36.4 Å². The molecule has 0 aliphatic heterocycles. The van der Waals surface area contributed by atoms with Crippen LogP contribution in [0.3, 0.4) is 0 Å². The molecule has 5 heteroatoms. The number of aromatic nitrogens is 1. The fraction of sp³-hybridized carbons (Fsp3) is 0.0526. The Bertz CT molecular complexity index is 445. The molecule has 1 heterocycles. The van der Waals surface area contributed by atoms with Gasteiger partial charge in [-0.05, 0) is 0 Å². The Labute approximate surface area is 178 Å². The standard InChI is InChI=1S/C8H6N.C5H5.6CH3.2ClH.Si.Ti/c1-2-4-8-7(3-1)5-6-9-8;1-2-4-5-3-1;;;;;;;;;;/h1-5,9H;1-3H,4H2;6*1H3;2*1H;;/q8*-1;;;;. The van der Waals surface area contributed by atoms with Crippen LogP contribution >= 0.6 is 24.8 Å². The van der Waals surface area contributed by atoms with Gasteiger partial charge >= 0.3 is 26.8 Å². The van der Waals surface area contributed by atoms with E-state index >= 15 is 0 Å². The molecular weight excluding hydrogens is 389 g/mol. The topological polar surface area (TPSA) is 15.8 Å². The van der Waals surface area contributed by atoms with Crippen LogP contribution in [0.5, 0.6) is 0 Å². The van der Waals surface area contributed by atoms with Crippen LogP contribution in [0.4, 0.5) is 0 Å². The minimum atomic E-state index is 0. The summed E-state index contributed by atoms with van der Waals surface area (Å²) in [5.41, 5.74) is 1.15. The fourth-order valence-corrected chi connectivity index (χ4v) is 1.27. The number of H-pyrrole nitrogens is 1. The third kappa shape index (κ3) is 19.8. The van der Waals surface area contributed by atoms with Crippen molar-refractivity contribution < 1.29 is 19.2 Å². The molecule has 1 aliphatic carbocycles. The molecule has 1 aromatic carbocycles. The molecule has 0 saturated carbocycles. The van der Waals surface area contributed by atoms with Crippen molar-refractivity contribution in [3.63, 3.8) is 0 Å². The van der Waals surface area contributed by atoms with E-state index in [2.05, 4.69) is 37.0 Å². The summed E-state index contributed by atoms with van der Waals surface area (Å²) in [5, 5.41) is 1.22. The Morgan fingerprint density at radius 3 is 1.83 bits per heavy atom. The molecule has 1 nitrogen and oxygen atoms in total. The number of rotatable bonds is 0. The SMILES string of the molecule is Cl.Cl.[C-]1=CC=CC1.[CH3-].[CH3-].[CH3-].[CH3-].[CH3-].[CH3-].[Si]=[Ti].[c-]1cc2ccccc2[nH]1. The zero-order chi connectivity index (χ0) is 11.6. The molecule has 3 rings (SSSR count). The molecule has 0 spiro atoms. The van der Waals surface area contributed by atoms with Crippen molar-refractivity contribution in [2.75, 3.05) is 0 Å². The van der Waals surface area contributed by atoms with E-state index in [-0.39, 0.29) is 69.4 Å². The first kappa shape index (κ1) is 49.6. The van der Waals surface area contributed by atoms with Crippen LogP contribution in [0.15, 0.2) is 48.6 Å². The van der Waals surface area contributed by atoms with Crippen molar-refractivity contribution in [3.8, 4) is 0 Å². The Morgan fingerprint density at radius 2 is 1.46 bits per heavy atom. The first-order valence-electron chi connectivity index (χ1n) is 4.87. The number of allylic oxidation sites excluding steroid dienone is 4. The molecule has 1 aliphatic rings. The van der Waals surface area contributed by atoms with Gasteiger partial charge < -0.3 is 49.5 Å². The van der Waals surface area contributed by atoms with Gasteiger partial charge in [-0.25, -0.2) is 12.2 Å². The second kappa shape index (κ2) is 34.2. The molecule has 0 atom stereocenters. The number of hydrogen-bond acceptors (Lipinski definition) is 0. The molecule has 2 aromatic rings. The average Bonchev–Trinajstić information content (AvgIpc) is 3.06. The quantitative estimate of drug-likeness (QED) is 0.373. The van der Waals surface area contributed by atoms with Crippen molar-refractivity contribution in [2.24, 2.45) is 0 Å². The van der Waals surface area contributed by atoms with Crippen LogP contribution in [0.2, 0.25) is 0 Å². The molecule has 24 heavy (non-hydrogen) atoms. The van der Waals surface area contributed by atoms with Gasteiger partial charge in [0.25, 0.3) is 0 Å². The van der Waals surface area contributed by atoms with Crippen LogP contribution < -0.4 is 0 Å². The van der Waals surface area contributed by atoms with Gasteiger partial charge in [0.15, 0.2) is 0 Å². The molecule has 0 fully saturated rings. The van der Waals surface area contributed by atoms with Crippen LogP contribution in [-0.2, 0) is 19.2 Å². The van der Waals surface area contributed by atoms with Gasteiger partial charge in [-0.1, -0.05) is 12.1 Å². The minimum Gasteiger partial charge on any atom is -0.477 e. The summed E-state index contributed by atoms with van der Waals surface area (Å²) in [7, 11) is 2.97. The van der Waals surface area contributed by atoms with Crippen molar-refractivity contribution >= 4 is 43.3 Å². The predicted octanol–water partition coefficient (Wildman–Crippen LogP) is 6.44. The summed E-state index contributed by atoms with van der Waals surface area (Å²) >= 11 is 1.81. The second-order valence-corrected chi connectivity index (χ2v) is 3.00. The maximum absolute atomic E-state index is 2.99. The third-order valence-electron chi connectivity index (χ3n) is 1.98. The number of nitrogens with one attached hydrogen (secondary N) is 1. The van der Waals surface area contributed by atoms with E-state index in [9.17, 15) is 0 Å². The van der Waals surface area contributed by atoms with Gasteiger partial charge in [0.2, 0.25) is 0 Å². The molecule has 1 N–H and O–H groups in total. The predicted molar refractivity (Wildman–Crippen MR) is 117 cm³/mol. The van der Waals surface area contributed by atoms with Crippen molar-refractivity contribution in [2.45, 2.75) is 6.42 Å². The first-order chi connectivity index (χ1) is 7.97. The number of fused-ring (bicyclic) bond motifs is 1. The Kier molecular flexibility index (Phi) is 70.5. The number of aromatic amines is 1. The van der Waals surface area contributed by atoms with Gasteiger partial charge in [-0.2, -0.15) is 17.5 Å². The molecule has 2 radical (unpaired) electrons. The Hall–Kier alpha value is -0.249. The van der Waals surface area contributed by atoms with E-state index in [1.54, 1.807) is 19.2 Å². The van der Waals surface area contributed by atoms with E-state index in [0.29, 0.717) is 0 Å². The van der Waals surface area contributed by atoms with Crippen molar-refractivity contribution in [1.29, 1.82) is 0 Å². The largest absolute Gasteiger partial charge is 0.477 e. The summed E-state index contributed by atoms with van der Waals surface area (Å²) in [6.07, 6.45) is 12.9. The van der Waals surface area contributed by atoms with Crippen LogP contribution in [-0.4, -0.2) is 12.6 Å². The summed E-state index contributed by atoms with van der Waals surface area (Å²) in [6, 6.07) is 10.1. The fourth-order valence-electron chi connectivity index (χ4n) is 1.27. The van der Waals surface area contributed by atoms with Gasteiger partial charge in [0, 0.05) is 0 Å². The second-order valence-electron chi connectivity index (χ2n) is 3.00. The van der Waals surface area contributed by atoms with E-state index in [4.69, 9.17) is 0 Å². The molecular formula is C19H31Cl2NSiTi-8. The molecule has 0 saturated heterocycles. The summed E-state index contributed by atoms with van der Waals surface area (Å²) in [6.45, 7) is 0. The maximum atomic E-state index is 2.99. The molecule has 0 bridgehead atoms. The van der Waals surface area contributed by atoms with Gasteiger partial charge in [-0.15, -0.1) is 55.1 Å². The van der Waals surface area contributed by atoms with Crippen LogP contribution in [0.25, 0.3) is 10.9 Å². The molecule has 0 amide bonds. The van der Waals surface area contributed by atoms with Gasteiger partial charge in [0.1, 0.15) is 0 Å². The molecule has 0 unspecified atom stereocenters. The molecule has 1 aromatic heterocycles. The normalized spacial score (nSPS) is 7.62.